The molecule has 21 heavy (non-hydrogen) atoms. The van der Waals surface area contributed by atoms with Crippen molar-refractivity contribution in [3.63, 3.8) is 0 Å². The molecule has 1 aromatic rings. The van der Waals surface area contributed by atoms with Crippen LogP contribution >= 0.6 is 0 Å². The van der Waals surface area contributed by atoms with Gasteiger partial charge in [0.25, 0.3) is 0 Å². The van der Waals surface area contributed by atoms with E-state index in [0.29, 0.717) is 19.6 Å². The van der Waals surface area contributed by atoms with E-state index in [1.54, 1.807) is 6.92 Å². The van der Waals surface area contributed by atoms with E-state index in [4.69, 9.17) is 0 Å². The Morgan fingerprint density at radius 2 is 1.95 bits per heavy atom. The second-order valence-corrected chi connectivity index (χ2v) is 7.97. The molecule has 0 saturated heterocycles. The van der Waals surface area contributed by atoms with Crippen molar-refractivity contribution in [2.75, 3.05) is 13.1 Å². The van der Waals surface area contributed by atoms with Crippen LogP contribution in [0.1, 0.15) is 39.1 Å². The third kappa shape index (κ3) is 5.37. The lowest BCUT2D eigenvalue weighted by molar-refractivity contribution is 0.408. The molecular formula is C15H27N3O2S. The number of aryl methyl sites for hydroxylation is 1. The van der Waals surface area contributed by atoms with E-state index >= 15 is 0 Å². The first-order chi connectivity index (χ1) is 9.77. The summed E-state index contributed by atoms with van der Waals surface area (Å²) < 4.78 is 26.7. The predicted molar refractivity (Wildman–Crippen MR) is 86.6 cm³/mol. The topological polar surface area (TPSA) is 62.3 Å². The largest absolute Gasteiger partial charge is 0.313 e. The molecule has 0 spiro atoms. The highest BCUT2D eigenvalue weighted by Crippen LogP contribution is 2.13. The third-order valence-corrected chi connectivity index (χ3v) is 5.61. The Hall–Kier alpha value is -0.980. The van der Waals surface area contributed by atoms with Crippen molar-refractivity contribution in [1.29, 1.82) is 0 Å². The highest BCUT2D eigenvalue weighted by atomic mass is 32.2. The number of pyridine rings is 1. The molecular weight excluding hydrogens is 286 g/mol. The Bertz CT molecular complexity index is 544. The first-order valence-corrected chi connectivity index (χ1v) is 8.92. The van der Waals surface area contributed by atoms with Gasteiger partial charge in [0, 0.05) is 24.8 Å². The van der Waals surface area contributed by atoms with Crippen molar-refractivity contribution in [3.8, 4) is 0 Å². The molecule has 5 nitrogen and oxygen atoms in total. The van der Waals surface area contributed by atoms with E-state index in [-0.39, 0.29) is 6.04 Å². The Morgan fingerprint density at radius 1 is 1.29 bits per heavy atom. The maximum atomic E-state index is 12.6. The van der Waals surface area contributed by atoms with Gasteiger partial charge in [-0.1, -0.05) is 26.8 Å². The minimum absolute atomic E-state index is 0.274. The van der Waals surface area contributed by atoms with Gasteiger partial charge in [-0.3, -0.25) is 4.98 Å². The van der Waals surface area contributed by atoms with Crippen molar-refractivity contribution in [2.45, 2.75) is 52.5 Å². The van der Waals surface area contributed by atoms with Crippen LogP contribution in [-0.4, -0.2) is 42.1 Å². The standard InChI is InChI=1S/C15H27N3O2S/c1-6-18(11-15-9-7-8-13(4)17-15)21(19,20)14(5)10-16-12(2)3/h7-9,12,14,16H,6,10-11H2,1-5H3. The number of aromatic nitrogens is 1. The summed E-state index contributed by atoms with van der Waals surface area (Å²) in [6.07, 6.45) is 0. The highest BCUT2D eigenvalue weighted by Gasteiger charge is 2.28. The molecule has 1 atom stereocenters. The van der Waals surface area contributed by atoms with E-state index < -0.39 is 15.3 Å². The summed E-state index contributed by atoms with van der Waals surface area (Å²) >= 11 is 0. The van der Waals surface area contributed by atoms with Crippen molar-refractivity contribution in [2.24, 2.45) is 0 Å². The quantitative estimate of drug-likeness (QED) is 0.796. The van der Waals surface area contributed by atoms with Gasteiger partial charge in [0.05, 0.1) is 17.5 Å². The lowest BCUT2D eigenvalue weighted by Crippen LogP contribution is -2.43. The Labute approximate surface area is 128 Å². The van der Waals surface area contributed by atoms with Gasteiger partial charge in [0.15, 0.2) is 0 Å². The molecule has 1 rings (SSSR count). The number of nitrogens with zero attached hydrogens (tertiary/aromatic N) is 2. The number of sulfonamides is 1. The molecule has 1 aromatic heterocycles. The molecule has 120 valence electrons. The fourth-order valence-corrected chi connectivity index (χ4v) is 3.50. The molecule has 1 unspecified atom stereocenters. The van der Waals surface area contributed by atoms with Crippen LogP contribution < -0.4 is 5.32 Å². The van der Waals surface area contributed by atoms with E-state index in [1.165, 1.54) is 4.31 Å². The van der Waals surface area contributed by atoms with E-state index in [1.807, 2.05) is 45.9 Å². The zero-order valence-electron chi connectivity index (χ0n) is 13.6. The van der Waals surface area contributed by atoms with Gasteiger partial charge in [-0.15, -0.1) is 0 Å². The average molecular weight is 313 g/mol. The molecule has 0 aliphatic rings. The van der Waals surface area contributed by atoms with Gasteiger partial charge in [-0.25, -0.2) is 8.42 Å². The fraction of sp³-hybridized carbons (Fsp3) is 0.667. The molecule has 0 aliphatic carbocycles. The molecule has 0 amide bonds. The number of hydrogen-bond donors (Lipinski definition) is 1. The van der Waals surface area contributed by atoms with Crippen LogP contribution in [0.3, 0.4) is 0 Å². The molecule has 0 bridgehead atoms. The fourth-order valence-electron chi connectivity index (χ4n) is 2.01. The van der Waals surface area contributed by atoms with Crippen LogP contribution in [0, 0.1) is 6.92 Å². The summed E-state index contributed by atoms with van der Waals surface area (Å²) in [5.74, 6) is 0. The van der Waals surface area contributed by atoms with E-state index in [9.17, 15) is 8.42 Å². The first kappa shape index (κ1) is 18.1. The second-order valence-electron chi connectivity index (χ2n) is 5.61. The van der Waals surface area contributed by atoms with E-state index in [2.05, 4.69) is 10.3 Å². The van der Waals surface area contributed by atoms with Crippen LogP contribution in [0.4, 0.5) is 0 Å². The monoisotopic (exact) mass is 313 g/mol. The zero-order valence-corrected chi connectivity index (χ0v) is 14.4. The van der Waals surface area contributed by atoms with Gasteiger partial charge in [0.2, 0.25) is 10.0 Å². The Balaban J connectivity index is 2.82. The normalized spacial score (nSPS) is 13.9. The summed E-state index contributed by atoms with van der Waals surface area (Å²) in [5, 5.41) is 2.73. The third-order valence-electron chi connectivity index (χ3n) is 3.32. The second kappa shape index (κ2) is 7.87. The van der Waals surface area contributed by atoms with Gasteiger partial charge in [-0.2, -0.15) is 4.31 Å². The van der Waals surface area contributed by atoms with Crippen LogP contribution in [0.25, 0.3) is 0 Å². The van der Waals surface area contributed by atoms with Crippen LogP contribution in [-0.2, 0) is 16.6 Å². The van der Waals surface area contributed by atoms with Crippen LogP contribution in [0.5, 0.6) is 0 Å². The van der Waals surface area contributed by atoms with Gasteiger partial charge in [0.1, 0.15) is 0 Å². The molecule has 0 radical (unpaired) electrons. The van der Waals surface area contributed by atoms with Crippen molar-refractivity contribution >= 4 is 10.0 Å². The smallest absolute Gasteiger partial charge is 0.218 e. The molecule has 1 N–H and O–H groups in total. The summed E-state index contributed by atoms with van der Waals surface area (Å²) in [7, 11) is -3.33. The van der Waals surface area contributed by atoms with Gasteiger partial charge >= 0.3 is 0 Å². The molecule has 0 saturated carbocycles. The zero-order chi connectivity index (χ0) is 16.0. The number of rotatable bonds is 8. The maximum Gasteiger partial charge on any atom is 0.218 e. The lowest BCUT2D eigenvalue weighted by atomic mass is 10.3. The minimum atomic E-state index is -3.33. The van der Waals surface area contributed by atoms with Gasteiger partial charge < -0.3 is 5.32 Å². The van der Waals surface area contributed by atoms with E-state index in [0.717, 1.165) is 11.4 Å². The minimum Gasteiger partial charge on any atom is -0.313 e. The van der Waals surface area contributed by atoms with Crippen molar-refractivity contribution < 1.29 is 8.42 Å². The predicted octanol–water partition coefficient (Wildman–Crippen LogP) is 1.93. The SMILES string of the molecule is CCN(Cc1cccc(C)n1)S(=O)(=O)C(C)CNC(C)C. The lowest BCUT2D eigenvalue weighted by Gasteiger charge is -2.25. The average Bonchev–Trinajstić information content (AvgIpc) is 2.41. The molecule has 0 aliphatic heterocycles. The van der Waals surface area contributed by atoms with Gasteiger partial charge in [-0.05, 0) is 26.0 Å². The number of nitrogens with one attached hydrogen (secondary N) is 1. The van der Waals surface area contributed by atoms with Crippen LogP contribution in [0.2, 0.25) is 0 Å². The number of hydrogen-bond acceptors (Lipinski definition) is 4. The first-order valence-electron chi connectivity index (χ1n) is 7.42. The summed E-state index contributed by atoms with van der Waals surface area (Å²) in [5.41, 5.74) is 1.68. The summed E-state index contributed by atoms with van der Waals surface area (Å²) in [6, 6.07) is 5.95. The Morgan fingerprint density at radius 3 is 2.48 bits per heavy atom. The molecule has 0 fully saturated rings. The van der Waals surface area contributed by atoms with Crippen molar-refractivity contribution in [3.05, 3.63) is 29.6 Å². The molecule has 0 aromatic carbocycles. The van der Waals surface area contributed by atoms with Crippen LogP contribution in [0.15, 0.2) is 18.2 Å². The summed E-state index contributed by atoms with van der Waals surface area (Å²) in [6.45, 7) is 10.8. The Kier molecular flexibility index (Phi) is 6.77. The molecule has 1 heterocycles. The summed E-state index contributed by atoms with van der Waals surface area (Å²) in [4.78, 5) is 4.39. The van der Waals surface area contributed by atoms with Crippen molar-refractivity contribution in [1.82, 2.24) is 14.6 Å². The molecule has 6 heteroatoms. The maximum absolute atomic E-state index is 12.6. The highest BCUT2D eigenvalue weighted by molar-refractivity contribution is 7.89.